The highest BCUT2D eigenvalue weighted by Gasteiger charge is 2.47. The van der Waals surface area contributed by atoms with Crippen LogP contribution >= 0.6 is 0 Å². The Bertz CT molecular complexity index is 1480. The number of aliphatic carboxylic acids is 1. The van der Waals surface area contributed by atoms with Crippen molar-refractivity contribution < 1.29 is 37.1 Å². The number of nitrogens with one attached hydrogen (secondary N) is 2. The fourth-order valence-electron chi connectivity index (χ4n) is 6.08. The highest BCUT2D eigenvalue weighted by molar-refractivity contribution is 5.98. The van der Waals surface area contributed by atoms with Gasteiger partial charge in [-0.3, -0.25) is 14.4 Å². The van der Waals surface area contributed by atoms with Gasteiger partial charge in [-0.2, -0.15) is 18.3 Å². The predicted molar refractivity (Wildman–Crippen MR) is 130 cm³/mol. The maximum absolute atomic E-state index is 14.4. The number of carboxylic acids is 1. The van der Waals surface area contributed by atoms with Crippen molar-refractivity contribution >= 4 is 23.4 Å². The number of nitrogens with zero attached hydrogens (tertiary/aromatic N) is 4. The summed E-state index contributed by atoms with van der Waals surface area (Å²) in [5.41, 5.74) is -2.01. The fraction of sp³-hybridized carbons (Fsp3) is 0.462. The molecule has 3 N–H and O–H groups in total. The molecule has 212 valence electrons. The van der Waals surface area contributed by atoms with E-state index in [0.29, 0.717) is 19.3 Å². The predicted octanol–water partition coefficient (Wildman–Crippen LogP) is 3.47. The molecule has 0 saturated heterocycles. The fourth-order valence-corrected chi connectivity index (χ4v) is 6.08. The number of rotatable bonds is 6. The number of halogens is 4. The van der Waals surface area contributed by atoms with Gasteiger partial charge >= 0.3 is 12.1 Å². The second kappa shape index (κ2) is 10.5. The summed E-state index contributed by atoms with van der Waals surface area (Å²) in [4.78, 5) is 45.3. The Kier molecular flexibility index (Phi) is 7.19. The monoisotopic (exact) mass is 562 g/mol. The Labute approximate surface area is 225 Å². The zero-order valence-electron chi connectivity index (χ0n) is 21.3. The quantitative estimate of drug-likeness (QED) is 0.391. The standard InChI is InChI=1S/C26H26F4N6O4/c1-12-14-7-8-18(16(14)6-5-15(12)25(39)40)35-24(38)20-9-19(34-22-17(27)11-32-36(20)22)23(37)31-10-13-3-2-4-21(33-13)26(28,29)30/h2-4,9,11-12,14-16,18H,5-8,10H2,1H3,(H,31,37)(H,35,38)(H,39,40)/t12?,14-,15?,16?,18-/m0/s1. The Balaban J connectivity index is 1.34. The van der Waals surface area contributed by atoms with Crippen LogP contribution in [-0.4, -0.2) is 48.5 Å². The SMILES string of the molecule is CC1C(C(=O)O)CCC2[C@H]1CC[C@@H]2NC(=O)c1cc(C(=O)NCc2cccc(C(F)(F)F)n2)nc2c(F)cnn12. The first-order chi connectivity index (χ1) is 18.9. The van der Waals surface area contributed by atoms with Crippen LogP contribution in [0.25, 0.3) is 5.65 Å². The maximum Gasteiger partial charge on any atom is 0.433 e. The summed E-state index contributed by atoms with van der Waals surface area (Å²) in [6, 6.07) is 4.18. The molecule has 5 rings (SSSR count). The molecule has 3 aromatic heterocycles. The van der Waals surface area contributed by atoms with Gasteiger partial charge in [-0.15, -0.1) is 0 Å². The van der Waals surface area contributed by atoms with Crippen LogP contribution in [0.1, 0.15) is 65.0 Å². The van der Waals surface area contributed by atoms with Crippen molar-refractivity contribution in [1.29, 1.82) is 0 Å². The van der Waals surface area contributed by atoms with Gasteiger partial charge in [-0.1, -0.05) is 13.0 Å². The molecule has 40 heavy (non-hydrogen) atoms. The summed E-state index contributed by atoms with van der Waals surface area (Å²) < 4.78 is 54.3. The Hall–Kier alpha value is -4.10. The van der Waals surface area contributed by atoms with Gasteiger partial charge in [0.15, 0.2) is 11.5 Å². The number of hydrogen-bond acceptors (Lipinski definition) is 6. The number of amides is 2. The second-order valence-electron chi connectivity index (χ2n) is 10.3. The molecule has 3 unspecified atom stereocenters. The molecule has 0 spiro atoms. The molecule has 2 aliphatic rings. The minimum atomic E-state index is -4.65. The number of alkyl halides is 3. The van der Waals surface area contributed by atoms with Gasteiger partial charge in [0.25, 0.3) is 11.8 Å². The third-order valence-electron chi connectivity index (χ3n) is 8.05. The molecule has 2 fully saturated rings. The highest BCUT2D eigenvalue weighted by atomic mass is 19.4. The first kappa shape index (κ1) is 27.5. The lowest BCUT2D eigenvalue weighted by Crippen LogP contribution is -2.44. The van der Waals surface area contributed by atoms with Crippen LogP contribution in [0.5, 0.6) is 0 Å². The minimum Gasteiger partial charge on any atom is -0.481 e. The molecular formula is C26H26F4N6O4. The molecule has 10 nitrogen and oxygen atoms in total. The van der Waals surface area contributed by atoms with Crippen LogP contribution in [0, 0.1) is 29.5 Å². The van der Waals surface area contributed by atoms with Crippen LogP contribution in [-0.2, 0) is 17.5 Å². The molecule has 5 atom stereocenters. The molecule has 3 heterocycles. The van der Waals surface area contributed by atoms with E-state index >= 15 is 0 Å². The average molecular weight is 563 g/mol. The van der Waals surface area contributed by atoms with E-state index in [2.05, 4.69) is 25.7 Å². The van der Waals surface area contributed by atoms with Crippen LogP contribution in [0.4, 0.5) is 17.6 Å². The number of carbonyl (C=O) groups is 3. The van der Waals surface area contributed by atoms with E-state index in [1.54, 1.807) is 0 Å². The lowest BCUT2D eigenvalue weighted by atomic mass is 9.68. The topological polar surface area (TPSA) is 139 Å². The average Bonchev–Trinajstić information content (AvgIpc) is 3.50. The van der Waals surface area contributed by atoms with Crippen molar-refractivity contribution in [2.75, 3.05) is 0 Å². The molecule has 3 aromatic rings. The lowest BCUT2D eigenvalue weighted by Gasteiger charge is -2.38. The summed E-state index contributed by atoms with van der Waals surface area (Å²) in [5, 5.41) is 18.7. The van der Waals surface area contributed by atoms with E-state index in [9.17, 15) is 37.1 Å². The van der Waals surface area contributed by atoms with Crippen molar-refractivity contribution in [2.24, 2.45) is 23.7 Å². The number of hydrogen-bond donors (Lipinski definition) is 3. The van der Waals surface area contributed by atoms with Gasteiger partial charge in [0, 0.05) is 12.1 Å². The van der Waals surface area contributed by atoms with E-state index in [-0.39, 0.29) is 53.1 Å². The summed E-state index contributed by atoms with van der Waals surface area (Å²) in [5.74, 6) is -3.37. The number of pyridine rings is 1. The summed E-state index contributed by atoms with van der Waals surface area (Å²) in [6.07, 6.45) is -1.22. The van der Waals surface area contributed by atoms with E-state index in [1.807, 2.05) is 6.92 Å². The zero-order chi connectivity index (χ0) is 28.8. The van der Waals surface area contributed by atoms with Crippen molar-refractivity contribution in [3.05, 3.63) is 59.1 Å². The largest absolute Gasteiger partial charge is 0.481 e. The summed E-state index contributed by atoms with van der Waals surface area (Å²) >= 11 is 0. The summed E-state index contributed by atoms with van der Waals surface area (Å²) in [7, 11) is 0. The van der Waals surface area contributed by atoms with Crippen molar-refractivity contribution in [3.63, 3.8) is 0 Å². The number of carbonyl (C=O) groups excluding carboxylic acids is 2. The smallest absolute Gasteiger partial charge is 0.433 e. The molecule has 2 saturated carbocycles. The molecule has 2 amide bonds. The molecule has 0 aliphatic heterocycles. The number of carboxylic acid groups (broad SMARTS) is 1. The Morgan fingerprint density at radius 3 is 2.55 bits per heavy atom. The third-order valence-corrected chi connectivity index (χ3v) is 8.05. The van der Waals surface area contributed by atoms with Crippen molar-refractivity contribution in [2.45, 2.75) is 51.4 Å². The van der Waals surface area contributed by atoms with Crippen molar-refractivity contribution in [1.82, 2.24) is 30.2 Å². The summed E-state index contributed by atoms with van der Waals surface area (Å²) in [6.45, 7) is 1.57. The molecule has 0 bridgehead atoms. The number of aromatic nitrogens is 4. The first-order valence-corrected chi connectivity index (χ1v) is 12.8. The van der Waals surface area contributed by atoms with Gasteiger partial charge in [0.1, 0.15) is 17.1 Å². The second-order valence-corrected chi connectivity index (χ2v) is 10.3. The Morgan fingerprint density at radius 1 is 1.07 bits per heavy atom. The van der Waals surface area contributed by atoms with E-state index in [0.717, 1.165) is 35.3 Å². The highest BCUT2D eigenvalue weighted by Crippen LogP contribution is 2.48. The Morgan fingerprint density at radius 2 is 1.82 bits per heavy atom. The van der Waals surface area contributed by atoms with Crippen LogP contribution in [0.15, 0.2) is 30.5 Å². The van der Waals surface area contributed by atoms with Gasteiger partial charge in [-0.25, -0.2) is 18.9 Å². The minimum absolute atomic E-state index is 0.0346. The van der Waals surface area contributed by atoms with Gasteiger partial charge in [0.05, 0.1) is 24.4 Å². The first-order valence-electron chi connectivity index (χ1n) is 12.8. The van der Waals surface area contributed by atoms with E-state index in [4.69, 9.17) is 0 Å². The molecule has 0 aromatic carbocycles. The van der Waals surface area contributed by atoms with Crippen LogP contribution in [0.2, 0.25) is 0 Å². The van der Waals surface area contributed by atoms with Gasteiger partial charge in [0.2, 0.25) is 0 Å². The van der Waals surface area contributed by atoms with Gasteiger partial charge in [-0.05, 0) is 55.6 Å². The molecule has 0 radical (unpaired) electrons. The van der Waals surface area contributed by atoms with E-state index in [1.165, 1.54) is 6.07 Å². The lowest BCUT2D eigenvalue weighted by molar-refractivity contribution is -0.146. The molecular weight excluding hydrogens is 536 g/mol. The number of fused-ring (bicyclic) bond motifs is 2. The van der Waals surface area contributed by atoms with Crippen LogP contribution < -0.4 is 10.6 Å². The zero-order valence-corrected chi connectivity index (χ0v) is 21.3. The molecule has 14 heteroatoms. The maximum atomic E-state index is 14.4. The third kappa shape index (κ3) is 5.21. The molecule has 2 aliphatic carbocycles. The van der Waals surface area contributed by atoms with Crippen molar-refractivity contribution in [3.8, 4) is 0 Å². The normalized spacial score (nSPS) is 24.5. The van der Waals surface area contributed by atoms with E-state index < -0.39 is 41.4 Å². The van der Waals surface area contributed by atoms with Gasteiger partial charge < -0.3 is 15.7 Å². The van der Waals surface area contributed by atoms with Crippen LogP contribution in [0.3, 0.4) is 0 Å².